The fourth-order valence-electron chi connectivity index (χ4n) is 3.66. The SMILES string of the molecule is CCCCCCCCC[C@H](F)[C@@H](F)C(=O)Nc1ccc(NCc2ccc(C(F)(F)F)cc2)c(F)c1N. The van der Waals surface area contributed by atoms with Crippen LogP contribution in [0.1, 0.15) is 69.4 Å². The Morgan fingerprint density at radius 3 is 2.11 bits per heavy atom. The zero-order chi connectivity index (χ0) is 26.7. The molecule has 200 valence electrons. The van der Waals surface area contributed by atoms with Crippen LogP contribution in [0.25, 0.3) is 0 Å². The molecule has 0 aromatic heterocycles. The first-order valence-electron chi connectivity index (χ1n) is 12.1. The van der Waals surface area contributed by atoms with Crippen molar-refractivity contribution < 1.29 is 31.1 Å². The van der Waals surface area contributed by atoms with E-state index in [0.29, 0.717) is 12.0 Å². The Labute approximate surface area is 207 Å². The minimum atomic E-state index is -4.46. The Hall–Kier alpha value is -2.91. The maximum atomic E-state index is 14.7. The predicted molar refractivity (Wildman–Crippen MR) is 131 cm³/mol. The summed E-state index contributed by atoms with van der Waals surface area (Å²) in [6, 6.07) is 6.82. The number of carbonyl (C=O) groups excluding carboxylic acids is 1. The minimum absolute atomic E-state index is 0.00882. The number of nitrogens with two attached hydrogens (primary N) is 1. The highest BCUT2D eigenvalue weighted by molar-refractivity contribution is 5.97. The number of amides is 1. The van der Waals surface area contributed by atoms with Crippen LogP contribution in [-0.4, -0.2) is 18.3 Å². The molecule has 0 aliphatic carbocycles. The smallest absolute Gasteiger partial charge is 0.395 e. The van der Waals surface area contributed by atoms with Crippen molar-refractivity contribution in [3.05, 3.63) is 53.3 Å². The molecule has 0 bridgehead atoms. The van der Waals surface area contributed by atoms with Crippen LogP contribution in [0, 0.1) is 5.82 Å². The molecule has 0 fully saturated rings. The average molecular weight is 518 g/mol. The van der Waals surface area contributed by atoms with Gasteiger partial charge in [-0.2, -0.15) is 13.2 Å². The van der Waals surface area contributed by atoms with Gasteiger partial charge in [-0.25, -0.2) is 13.2 Å². The molecule has 0 spiro atoms. The van der Waals surface area contributed by atoms with E-state index in [-0.39, 0.29) is 24.3 Å². The van der Waals surface area contributed by atoms with E-state index in [2.05, 4.69) is 17.6 Å². The van der Waals surface area contributed by atoms with Gasteiger partial charge in [-0.15, -0.1) is 0 Å². The van der Waals surface area contributed by atoms with E-state index in [0.717, 1.165) is 50.7 Å². The molecule has 4 N–H and O–H groups in total. The number of nitrogens with one attached hydrogen (secondary N) is 2. The molecule has 36 heavy (non-hydrogen) atoms. The molecule has 0 heterocycles. The summed E-state index contributed by atoms with van der Waals surface area (Å²) in [6.07, 6.45) is -2.32. The number of anilines is 3. The minimum Gasteiger partial charge on any atom is -0.395 e. The molecule has 10 heteroatoms. The highest BCUT2D eigenvalue weighted by Gasteiger charge is 2.30. The molecular weight excluding hydrogens is 484 g/mol. The lowest BCUT2D eigenvalue weighted by Crippen LogP contribution is -2.32. The van der Waals surface area contributed by atoms with E-state index >= 15 is 0 Å². The number of carbonyl (C=O) groups is 1. The van der Waals surface area contributed by atoms with Crippen LogP contribution >= 0.6 is 0 Å². The normalized spacial score (nSPS) is 13.3. The van der Waals surface area contributed by atoms with Crippen molar-refractivity contribution in [2.45, 2.75) is 83.4 Å². The second-order valence-electron chi connectivity index (χ2n) is 8.75. The van der Waals surface area contributed by atoms with Crippen LogP contribution in [0.15, 0.2) is 36.4 Å². The lowest BCUT2D eigenvalue weighted by Gasteiger charge is -2.16. The van der Waals surface area contributed by atoms with Gasteiger partial charge in [-0.1, -0.05) is 64.0 Å². The zero-order valence-corrected chi connectivity index (χ0v) is 20.2. The third-order valence-electron chi connectivity index (χ3n) is 5.85. The Morgan fingerprint density at radius 1 is 0.917 bits per heavy atom. The molecule has 1 amide bonds. The van der Waals surface area contributed by atoms with Crippen molar-refractivity contribution in [3.63, 3.8) is 0 Å². The van der Waals surface area contributed by atoms with Crippen molar-refractivity contribution in [2.75, 3.05) is 16.4 Å². The summed E-state index contributed by atoms with van der Waals surface area (Å²) in [5.41, 5.74) is 4.64. The summed E-state index contributed by atoms with van der Waals surface area (Å²) in [4.78, 5) is 12.1. The average Bonchev–Trinajstić information content (AvgIpc) is 2.84. The number of benzene rings is 2. The molecule has 0 unspecified atom stereocenters. The van der Waals surface area contributed by atoms with Crippen molar-refractivity contribution in [2.24, 2.45) is 0 Å². The molecule has 2 aromatic rings. The third-order valence-corrected chi connectivity index (χ3v) is 5.85. The number of nitrogen functional groups attached to an aromatic ring is 1. The Balaban J connectivity index is 1.87. The van der Waals surface area contributed by atoms with E-state index in [1.54, 1.807) is 0 Å². The molecular formula is C26H33F6N3O. The topological polar surface area (TPSA) is 67.2 Å². The zero-order valence-electron chi connectivity index (χ0n) is 20.2. The summed E-state index contributed by atoms with van der Waals surface area (Å²) in [6.45, 7) is 2.12. The first-order valence-corrected chi connectivity index (χ1v) is 12.1. The molecule has 2 aromatic carbocycles. The Bertz CT molecular complexity index is 965. The lowest BCUT2D eigenvalue weighted by molar-refractivity contribution is -0.137. The summed E-state index contributed by atoms with van der Waals surface area (Å²) in [5.74, 6) is -2.18. The largest absolute Gasteiger partial charge is 0.416 e. The number of hydrogen-bond donors (Lipinski definition) is 3. The third kappa shape index (κ3) is 8.95. The Kier molecular flexibility index (Phi) is 11.4. The first kappa shape index (κ1) is 29.3. The van der Waals surface area contributed by atoms with E-state index < -0.39 is 41.5 Å². The standard InChI is InChI=1S/C26H33F6N3O/c1-2-3-4-5-6-7-8-9-19(27)22(28)25(36)35-21-15-14-20(23(29)24(21)33)34-16-17-10-12-18(13-11-17)26(30,31)32/h10-15,19,22,34H,2-9,16,33H2,1H3,(H,35,36)/t19-,22+/m0/s1. The van der Waals surface area contributed by atoms with E-state index in [1.807, 2.05) is 0 Å². The van der Waals surface area contributed by atoms with Gasteiger partial charge in [0.15, 0.2) is 5.82 Å². The maximum Gasteiger partial charge on any atom is 0.416 e. The maximum absolute atomic E-state index is 14.7. The number of rotatable bonds is 14. The van der Waals surface area contributed by atoms with Crippen molar-refractivity contribution in [1.29, 1.82) is 0 Å². The van der Waals surface area contributed by atoms with Gasteiger partial charge >= 0.3 is 6.18 Å². The van der Waals surface area contributed by atoms with Crippen molar-refractivity contribution >= 4 is 23.0 Å². The summed E-state index contributed by atoms with van der Waals surface area (Å²) < 4.78 is 81.0. The van der Waals surface area contributed by atoms with Crippen molar-refractivity contribution in [1.82, 2.24) is 0 Å². The van der Waals surface area contributed by atoms with Gasteiger partial charge < -0.3 is 16.4 Å². The Morgan fingerprint density at radius 2 is 1.50 bits per heavy atom. The van der Waals surface area contributed by atoms with Gasteiger partial charge in [0.1, 0.15) is 6.17 Å². The summed E-state index contributed by atoms with van der Waals surface area (Å²) >= 11 is 0. The number of alkyl halides is 5. The van der Waals surface area contributed by atoms with Crippen LogP contribution in [0.5, 0.6) is 0 Å². The first-order chi connectivity index (χ1) is 17.0. The monoisotopic (exact) mass is 517 g/mol. The molecule has 0 aliphatic rings. The van der Waals surface area contributed by atoms with Gasteiger partial charge in [0, 0.05) is 6.54 Å². The summed E-state index contributed by atoms with van der Waals surface area (Å²) in [7, 11) is 0. The molecule has 0 saturated heterocycles. The van der Waals surface area contributed by atoms with E-state index in [1.165, 1.54) is 24.3 Å². The molecule has 2 rings (SSSR count). The summed E-state index contributed by atoms with van der Waals surface area (Å²) in [5, 5.41) is 4.84. The van der Waals surface area contributed by atoms with Crippen LogP contribution in [0.4, 0.5) is 43.4 Å². The highest BCUT2D eigenvalue weighted by Crippen LogP contribution is 2.31. The van der Waals surface area contributed by atoms with Crippen LogP contribution in [-0.2, 0) is 17.5 Å². The fourth-order valence-corrected chi connectivity index (χ4v) is 3.66. The molecule has 4 nitrogen and oxygen atoms in total. The lowest BCUT2D eigenvalue weighted by atomic mass is 10.0. The van der Waals surface area contributed by atoms with Crippen LogP contribution in [0.2, 0.25) is 0 Å². The highest BCUT2D eigenvalue weighted by atomic mass is 19.4. The van der Waals surface area contributed by atoms with Crippen LogP contribution < -0.4 is 16.4 Å². The quantitative estimate of drug-likeness (QED) is 0.136. The van der Waals surface area contributed by atoms with Gasteiger partial charge in [0.2, 0.25) is 6.17 Å². The second-order valence-corrected chi connectivity index (χ2v) is 8.75. The molecule has 2 atom stereocenters. The van der Waals surface area contributed by atoms with E-state index in [4.69, 9.17) is 5.73 Å². The fraction of sp³-hybridized carbons (Fsp3) is 0.500. The second kappa shape index (κ2) is 14.0. The van der Waals surface area contributed by atoms with Crippen LogP contribution in [0.3, 0.4) is 0 Å². The van der Waals surface area contributed by atoms with E-state index in [9.17, 15) is 31.1 Å². The number of halogens is 6. The van der Waals surface area contributed by atoms with Gasteiger partial charge in [-0.3, -0.25) is 4.79 Å². The molecule has 0 aliphatic heterocycles. The van der Waals surface area contributed by atoms with Crippen molar-refractivity contribution in [3.8, 4) is 0 Å². The number of unbranched alkanes of at least 4 members (excludes halogenated alkanes) is 6. The molecule has 0 radical (unpaired) electrons. The predicted octanol–water partition coefficient (Wildman–Crippen LogP) is 7.79. The van der Waals surface area contributed by atoms with Gasteiger partial charge in [0.05, 0.1) is 22.6 Å². The number of hydrogen-bond acceptors (Lipinski definition) is 3. The van der Waals surface area contributed by atoms with Gasteiger partial charge in [-0.05, 0) is 36.2 Å². The molecule has 0 saturated carbocycles. The van der Waals surface area contributed by atoms with Gasteiger partial charge in [0.25, 0.3) is 5.91 Å².